The predicted octanol–water partition coefficient (Wildman–Crippen LogP) is 0.699. The fourth-order valence-electron chi connectivity index (χ4n) is 1.81. The maximum Gasteiger partial charge on any atom is 0.303 e. The SMILES string of the molecule is CC(CCNC(=O)C1CSCCN1)CCC(=O)O. The van der Waals surface area contributed by atoms with Crippen LogP contribution in [-0.2, 0) is 9.59 Å². The number of carbonyl (C=O) groups excluding carboxylic acids is 1. The summed E-state index contributed by atoms with van der Waals surface area (Å²) in [7, 11) is 0. The molecule has 0 aromatic heterocycles. The smallest absolute Gasteiger partial charge is 0.303 e. The van der Waals surface area contributed by atoms with E-state index >= 15 is 0 Å². The zero-order valence-corrected chi connectivity index (χ0v) is 11.6. The zero-order valence-electron chi connectivity index (χ0n) is 10.8. The van der Waals surface area contributed by atoms with E-state index in [1.165, 1.54) is 0 Å². The van der Waals surface area contributed by atoms with Gasteiger partial charge in [0.1, 0.15) is 0 Å². The molecule has 1 rings (SSSR count). The monoisotopic (exact) mass is 274 g/mol. The van der Waals surface area contributed by atoms with Gasteiger partial charge in [-0.1, -0.05) is 6.92 Å². The minimum Gasteiger partial charge on any atom is -0.481 e. The van der Waals surface area contributed by atoms with Crippen LogP contribution < -0.4 is 10.6 Å². The number of aliphatic carboxylic acids is 1. The van der Waals surface area contributed by atoms with Crippen LogP contribution in [-0.4, -0.2) is 47.6 Å². The number of carboxylic acid groups (broad SMARTS) is 1. The molecule has 1 amide bonds. The highest BCUT2D eigenvalue weighted by Gasteiger charge is 2.20. The maximum absolute atomic E-state index is 11.8. The average molecular weight is 274 g/mol. The predicted molar refractivity (Wildman–Crippen MR) is 72.8 cm³/mol. The Labute approximate surface area is 112 Å². The minimum atomic E-state index is -0.755. The van der Waals surface area contributed by atoms with Crippen LogP contribution in [0.3, 0.4) is 0 Å². The van der Waals surface area contributed by atoms with E-state index in [2.05, 4.69) is 10.6 Å². The number of carboxylic acids is 1. The summed E-state index contributed by atoms with van der Waals surface area (Å²) in [6.07, 6.45) is 1.71. The number of hydrogen-bond acceptors (Lipinski definition) is 4. The van der Waals surface area contributed by atoms with E-state index in [1.54, 1.807) is 11.8 Å². The average Bonchev–Trinajstić information content (AvgIpc) is 2.37. The lowest BCUT2D eigenvalue weighted by atomic mass is 10.0. The van der Waals surface area contributed by atoms with Crippen LogP contribution in [0, 0.1) is 5.92 Å². The summed E-state index contributed by atoms with van der Waals surface area (Å²) in [5.41, 5.74) is 0. The third-order valence-corrected chi connectivity index (χ3v) is 4.09. The summed E-state index contributed by atoms with van der Waals surface area (Å²) in [6.45, 7) is 3.53. The minimum absolute atomic E-state index is 0.0626. The fourth-order valence-corrected chi connectivity index (χ4v) is 2.75. The molecule has 1 heterocycles. The van der Waals surface area contributed by atoms with Crippen molar-refractivity contribution in [1.29, 1.82) is 0 Å². The van der Waals surface area contributed by atoms with Crippen LogP contribution in [0.25, 0.3) is 0 Å². The first kappa shape index (κ1) is 15.3. The van der Waals surface area contributed by atoms with Gasteiger partial charge in [-0.25, -0.2) is 0 Å². The van der Waals surface area contributed by atoms with E-state index in [0.29, 0.717) is 18.9 Å². The number of amides is 1. The Morgan fingerprint density at radius 3 is 2.89 bits per heavy atom. The molecule has 1 aliphatic heterocycles. The quantitative estimate of drug-likeness (QED) is 0.637. The van der Waals surface area contributed by atoms with E-state index in [-0.39, 0.29) is 18.4 Å². The number of carbonyl (C=O) groups is 2. The van der Waals surface area contributed by atoms with Crippen molar-refractivity contribution in [3.63, 3.8) is 0 Å². The molecule has 0 aromatic rings. The second-order valence-electron chi connectivity index (χ2n) is 4.70. The van der Waals surface area contributed by atoms with Gasteiger partial charge < -0.3 is 15.7 Å². The molecular formula is C12H22N2O3S. The van der Waals surface area contributed by atoms with Crippen molar-refractivity contribution >= 4 is 23.6 Å². The lowest BCUT2D eigenvalue weighted by Crippen LogP contribution is -2.49. The number of hydrogen-bond donors (Lipinski definition) is 3. The van der Waals surface area contributed by atoms with Gasteiger partial charge >= 0.3 is 5.97 Å². The fraction of sp³-hybridized carbons (Fsp3) is 0.833. The highest BCUT2D eigenvalue weighted by Crippen LogP contribution is 2.10. The third kappa shape index (κ3) is 6.26. The van der Waals surface area contributed by atoms with E-state index in [9.17, 15) is 9.59 Å². The van der Waals surface area contributed by atoms with Crippen molar-refractivity contribution in [3.8, 4) is 0 Å². The molecule has 2 atom stereocenters. The maximum atomic E-state index is 11.8. The molecule has 2 unspecified atom stereocenters. The normalized spacial score (nSPS) is 21.3. The molecule has 104 valence electrons. The van der Waals surface area contributed by atoms with Crippen molar-refractivity contribution in [3.05, 3.63) is 0 Å². The van der Waals surface area contributed by atoms with Crippen LogP contribution >= 0.6 is 11.8 Å². The Morgan fingerprint density at radius 2 is 2.28 bits per heavy atom. The molecule has 3 N–H and O–H groups in total. The topological polar surface area (TPSA) is 78.4 Å². The third-order valence-electron chi connectivity index (χ3n) is 3.03. The summed E-state index contributed by atoms with van der Waals surface area (Å²) < 4.78 is 0. The molecule has 0 bridgehead atoms. The highest BCUT2D eigenvalue weighted by atomic mass is 32.2. The van der Waals surface area contributed by atoms with Crippen LogP contribution in [0.4, 0.5) is 0 Å². The van der Waals surface area contributed by atoms with E-state index in [0.717, 1.165) is 24.5 Å². The van der Waals surface area contributed by atoms with Crippen LogP contribution in [0.1, 0.15) is 26.2 Å². The molecule has 1 aliphatic rings. The summed E-state index contributed by atoms with van der Waals surface area (Å²) in [6, 6.07) is -0.0712. The van der Waals surface area contributed by atoms with Gasteiger partial charge in [0, 0.05) is 31.0 Å². The zero-order chi connectivity index (χ0) is 13.4. The lowest BCUT2D eigenvalue weighted by molar-refractivity contribution is -0.137. The summed E-state index contributed by atoms with van der Waals surface area (Å²) in [5, 5.41) is 14.7. The molecule has 1 fully saturated rings. The van der Waals surface area contributed by atoms with Crippen molar-refractivity contribution < 1.29 is 14.7 Å². The Hall–Kier alpha value is -0.750. The molecule has 0 aromatic carbocycles. The van der Waals surface area contributed by atoms with Gasteiger partial charge in [-0.3, -0.25) is 9.59 Å². The summed E-state index contributed by atoms with van der Waals surface area (Å²) in [4.78, 5) is 22.2. The molecular weight excluding hydrogens is 252 g/mol. The molecule has 18 heavy (non-hydrogen) atoms. The van der Waals surface area contributed by atoms with Gasteiger partial charge in [0.05, 0.1) is 6.04 Å². The Bertz CT molecular complexity index is 280. The Kier molecular flexibility index (Phi) is 7.12. The van der Waals surface area contributed by atoms with Gasteiger partial charge in [-0.15, -0.1) is 0 Å². The molecule has 0 aliphatic carbocycles. The molecule has 0 spiro atoms. The first-order chi connectivity index (χ1) is 8.59. The van der Waals surface area contributed by atoms with Crippen molar-refractivity contribution in [2.24, 2.45) is 5.92 Å². The lowest BCUT2D eigenvalue weighted by Gasteiger charge is -2.22. The molecule has 1 saturated heterocycles. The van der Waals surface area contributed by atoms with Gasteiger partial charge in [0.2, 0.25) is 5.91 Å². The Morgan fingerprint density at radius 1 is 1.50 bits per heavy atom. The number of nitrogens with one attached hydrogen (secondary N) is 2. The summed E-state index contributed by atoms with van der Waals surface area (Å²) in [5.74, 6) is 1.54. The molecule has 5 nitrogen and oxygen atoms in total. The standard InChI is InChI=1S/C12H22N2O3S/c1-9(2-3-11(15)16)4-5-14-12(17)10-8-18-7-6-13-10/h9-10,13H,2-8H2,1H3,(H,14,17)(H,15,16). The van der Waals surface area contributed by atoms with E-state index in [4.69, 9.17) is 5.11 Å². The summed E-state index contributed by atoms with van der Waals surface area (Å²) >= 11 is 1.79. The largest absolute Gasteiger partial charge is 0.481 e. The van der Waals surface area contributed by atoms with Crippen molar-refractivity contribution in [1.82, 2.24) is 10.6 Å². The van der Waals surface area contributed by atoms with Gasteiger partial charge in [-0.2, -0.15) is 11.8 Å². The Balaban J connectivity index is 2.08. The second kappa shape index (κ2) is 8.37. The highest BCUT2D eigenvalue weighted by molar-refractivity contribution is 7.99. The van der Waals surface area contributed by atoms with E-state index < -0.39 is 5.97 Å². The van der Waals surface area contributed by atoms with Gasteiger partial charge in [0.25, 0.3) is 0 Å². The number of thioether (sulfide) groups is 1. The second-order valence-corrected chi connectivity index (χ2v) is 5.85. The van der Waals surface area contributed by atoms with E-state index in [1.807, 2.05) is 6.92 Å². The van der Waals surface area contributed by atoms with Crippen LogP contribution in [0.5, 0.6) is 0 Å². The first-order valence-electron chi connectivity index (χ1n) is 6.40. The van der Waals surface area contributed by atoms with Crippen LogP contribution in [0.15, 0.2) is 0 Å². The van der Waals surface area contributed by atoms with Gasteiger partial charge in [-0.05, 0) is 18.8 Å². The van der Waals surface area contributed by atoms with Gasteiger partial charge in [0.15, 0.2) is 0 Å². The van der Waals surface area contributed by atoms with Crippen molar-refractivity contribution in [2.75, 3.05) is 24.6 Å². The van der Waals surface area contributed by atoms with Crippen LogP contribution in [0.2, 0.25) is 0 Å². The first-order valence-corrected chi connectivity index (χ1v) is 7.55. The van der Waals surface area contributed by atoms with Crippen molar-refractivity contribution in [2.45, 2.75) is 32.2 Å². The molecule has 0 radical (unpaired) electrons. The number of rotatable bonds is 7. The molecule has 0 saturated carbocycles. The molecule has 6 heteroatoms.